The second kappa shape index (κ2) is 7.09. The minimum atomic E-state index is 0.0109. The van der Waals surface area contributed by atoms with E-state index in [1.54, 1.807) is 10.7 Å². The van der Waals surface area contributed by atoms with Crippen LogP contribution < -0.4 is 0 Å². The Labute approximate surface area is 148 Å². The minimum Gasteiger partial charge on any atom is -0.334 e. The summed E-state index contributed by atoms with van der Waals surface area (Å²) in [7, 11) is 0. The summed E-state index contributed by atoms with van der Waals surface area (Å²) in [6.45, 7) is 10.4. The van der Waals surface area contributed by atoms with Crippen molar-refractivity contribution < 1.29 is 4.79 Å². The lowest BCUT2D eigenvalue weighted by molar-refractivity contribution is 0.0724. The molecule has 6 nitrogen and oxygen atoms in total. The summed E-state index contributed by atoms with van der Waals surface area (Å²) >= 11 is 0. The van der Waals surface area contributed by atoms with E-state index in [2.05, 4.69) is 31.0 Å². The lowest BCUT2D eigenvalue weighted by atomic mass is 10.1. The van der Waals surface area contributed by atoms with Gasteiger partial charge >= 0.3 is 0 Å². The lowest BCUT2D eigenvalue weighted by Gasteiger charge is -2.23. The quantitative estimate of drug-likeness (QED) is 0.693. The molecule has 132 valence electrons. The van der Waals surface area contributed by atoms with Gasteiger partial charge in [0.05, 0.1) is 23.5 Å². The average Bonchev–Trinajstić information content (AvgIpc) is 3.19. The fourth-order valence-electron chi connectivity index (χ4n) is 2.96. The average molecular weight is 339 g/mol. The van der Waals surface area contributed by atoms with E-state index in [1.807, 2.05) is 47.2 Å². The van der Waals surface area contributed by atoms with Crippen LogP contribution in [0, 0.1) is 12.8 Å². The SMILES string of the molecule is CCn1cc(CN(CC(C)C)C(=O)c2cnn3cc(C)ccc23)cn1. The molecular weight excluding hydrogens is 314 g/mol. The van der Waals surface area contributed by atoms with Gasteiger partial charge < -0.3 is 4.90 Å². The third-order valence-corrected chi connectivity index (χ3v) is 4.15. The maximum absolute atomic E-state index is 13.2. The summed E-state index contributed by atoms with van der Waals surface area (Å²) in [6.07, 6.45) is 7.44. The van der Waals surface area contributed by atoms with Crippen LogP contribution >= 0.6 is 0 Å². The van der Waals surface area contributed by atoms with Crippen molar-refractivity contribution in [1.29, 1.82) is 0 Å². The number of hydrogen-bond acceptors (Lipinski definition) is 3. The number of pyridine rings is 1. The van der Waals surface area contributed by atoms with Crippen LogP contribution in [0.1, 0.15) is 42.3 Å². The normalized spacial score (nSPS) is 11.4. The Balaban J connectivity index is 1.89. The Morgan fingerprint density at radius 2 is 2.00 bits per heavy atom. The van der Waals surface area contributed by atoms with Crippen molar-refractivity contribution in [2.75, 3.05) is 6.54 Å². The molecule has 0 saturated carbocycles. The molecule has 0 aliphatic carbocycles. The molecule has 0 N–H and O–H groups in total. The third kappa shape index (κ3) is 3.73. The van der Waals surface area contributed by atoms with Crippen LogP contribution in [0.15, 0.2) is 36.9 Å². The highest BCUT2D eigenvalue weighted by molar-refractivity contribution is 6.00. The highest BCUT2D eigenvalue weighted by Gasteiger charge is 2.21. The molecule has 0 radical (unpaired) electrons. The van der Waals surface area contributed by atoms with Gasteiger partial charge in [-0.05, 0) is 31.4 Å². The maximum atomic E-state index is 13.2. The van der Waals surface area contributed by atoms with Gasteiger partial charge in [-0.3, -0.25) is 9.48 Å². The van der Waals surface area contributed by atoms with Gasteiger partial charge in [-0.2, -0.15) is 10.2 Å². The fraction of sp³-hybridized carbons (Fsp3) is 0.421. The lowest BCUT2D eigenvalue weighted by Crippen LogP contribution is -2.33. The molecule has 0 aromatic carbocycles. The second-order valence-electron chi connectivity index (χ2n) is 6.88. The van der Waals surface area contributed by atoms with E-state index in [1.165, 1.54) is 0 Å². The highest BCUT2D eigenvalue weighted by atomic mass is 16.2. The molecule has 3 rings (SSSR count). The standard InChI is InChI=1S/C19H25N5O/c1-5-23-13-16(8-20-23)12-22(10-14(2)3)19(25)17-9-21-24-11-15(4)6-7-18(17)24/h6-9,11,13-14H,5,10,12H2,1-4H3. The third-order valence-electron chi connectivity index (χ3n) is 4.15. The largest absolute Gasteiger partial charge is 0.334 e. The first kappa shape index (κ1) is 17.2. The highest BCUT2D eigenvalue weighted by Crippen LogP contribution is 2.17. The van der Waals surface area contributed by atoms with Gasteiger partial charge in [0.15, 0.2) is 0 Å². The summed E-state index contributed by atoms with van der Waals surface area (Å²) in [5.74, 6) is 0.394. The van der Waals surface area contributed by atoms with Crippen molar-refractivity contribution in [3.05, 3.63) is 53.6 Å². The Morgan fingerprint density at radius 3 is 2.68 bits per heavy atom. The molecule has 0 unspecified atom stereocenters. The molecule has 1 amide bonds. The molecule has 3 aromatic heterocycles. The zero-order chi connectivity index (χ0) is 18.0. The molecule has 3 heterocycles. The Bertz CT molecular complexity index is 877. The van der Waals surface area contributed by atoms with Gasteiger partial charge in [-0.15, -0.1) is 0 Å². The second-order valence-corrected chi connectivity index (χ2v) is 6.88. The van der Waals surface area contributed by atoms with E-state index in [-0.39, 0.29) is 5.91 Å². The molecule has 0 fully saturated rings. The maximum Gasteiger partial charge on any atom is 0.258 e. The van der Waals surface area contributed by atoms with Crippen LogP contribution in [0.5, 0.6) is 0 Å². The summed E-state index contributed by atoms with van der Waals surface area (Å²) in [5.41, 5.74) is 3.64. The van der Waals surface area contributed by atoms with Gasteiger partial charge in [-0.1, -0.05) is 19.9 Å². The Hall–Kier alpha value is -2.63. The van der Waals surface area contributed by atoms with Crippen LogP contribution in [0.25, 0.3) is 5.52 Å². The van der Waals surface area contributed by atoms with Gasteiger partial charge in [-0.25, -0.2) is 4.52 Å². The first-order chi connectivity index (χ1) is 12.0. The number of carbonyl (C=O) groups excluding carboxylic acids is 1. The van der Waals surface area contributed by atoms with E-state index in [9.17, 15) is 4.79 Å². The molecule has 3 aromatic rings. The summed E-state index contributed by atoms with van der Waals surface area (Å²) in [4.78, 5) is 15.1. The molecule has 0 atom stereocenters. The van der Waals surface area contributed by atoms with E-state index >= 15 is 0 Å². The van der Waals surface area contributed by atoms with Gasteiger partial charge in [0.2, 0.25) is 0 Å². The monoisotopic (exact) mass is 339 g/mol. The molecule has 0 aliphatic heterocycles. The van der Waals surface area contributed by atoms with E-state index in [0.29, 0.717) is 24.6 Å². The van der Waals surface area contributed by atoms with E-state index in [4.69, 9.17) is 0 Å². The van der Waals surface area contributed by atoms with Gasteiger partial charge in [0.25, 0.3) is 5.91 Å². The number of fused-ring (bicyclic) bond motifs is 1. The van der Waals surface area contributed by atoms with E-state index < -0.39 is 0 Å². The summed E-state index contributed by atoms with van der Waals surface area (Å²) in [5, 5.41) is 8.65. The predicted molar refractivity (Wildman–Crippen MR) is 97.4 cm³/mol. The topological polar surface area (TPSA) is 55.4 Å². The Kier molecular flexibility index (Phi) is 4.88. The molecule has 0 saturated heterocycles. The van der Waals surface area contributed by atoms with Crippen molar-refractivity contribution in [3.63, 3.8) is 0 Å². The number of aryl methyl sites for hydroxylation is 2. The number of amides is 1. The minimum absolute atomic E-state index is 0.0109. The van der Waals surface area contributed by atoms with Crippen LogP contribution in [-0.4, -0.2) is 36.7 Å². The van der Waals surface area contributed by atoms with Crippen LogP contribution in [-0.2, 0) is 13.1 Å². The number of aromatic nitrogens is 4. The van der Waals surface area contributed by atoms with Crippen LogP contribution in [0.4, 0.5) is 0 Å². The number of hydrogen-bond donors (Lipinski definition) is 0. The van der Waals surface area contributed by atoms with Crippen LogP contribution in [0.2, 0.25) is 0 Å². The van der Waals surface area contributed by atoms with Crippen molar-refractivity contribution in [2.45, 2.75) is 40.8 Å². The van der Waals surface area contributed by atoms with Crippen molar-refractivity contribution in [1.82, 2.24) is 24.3 Å². The summed E-state index contributed by atoms with van der Waals surface area (Å²) < 4.78 is 3.65. The number of carbonyl (C=O) groups is 1. The molecule has 0 bridgehead atoms. The van der Waals surface area contributed by atoms with Crippen molar-refractivity contribution in [2.24, 2.45) is 5.92 Å². The predicted octanol–water partition coefficient (Wildman–Crippen LogP) is 3.16. The zero-order valence-electron chi connectivity index (χ0n) is 15.3. The molecule has 0 aliphatic rings. The van der Waals surface area contributed by atoms with Gasteiger partial charge in [0.1, 0.15) is 0 Å². The summed E-state index contributed by atoms with van der Waals surface area (Å²) in [6, 6.07) is 3.96. The molecule has 0 spiro atoms. The first-order valence-corrected chi connectivity index (χ1v) is 8.72. The van der Waals surface area contributed by atoms with Gasteiger partial charge in [0, 0.05) is 37.6 Å². The Morgan fingerprint density at radius 1 is 1.20 bits per heavy atom. The van der Waals surface area contributed by atoms with Crippen LogP contribution in [0.3, 0.4) is 0 Å². The molecular formula is C19H25N5O. The molecule has 25 heavy (non-hydrogen) atoms. The zero-order valence-corrected chi connectivity index (χ0v) is 15.3. The fourth-order valence-corrected chi connectivity index (χ4v) is 2.96. The van der Waals surface area contributed by atoms with E-state index in [0.717, 1.165) is 23.2 Å². The number of rotatable bonds is 6. The smallest absolute Gasteiger partial charge is 0.258 e. The van der Waals surface area contributed by atoms with Crippen molar-refractivity contribution >= 4 is 11.4 Å². The number of nitrogens with zero attached hydrogens (tertiary/aromatic N) is 5. The first-order valence-electron chi connectivity index (χ1n) is 8.72. The van der Waals surface area contributed by atoms with Crippen molar-refractivity contribution in [3.8, 4) is 0 Å². The molecule has 6 heteroatoms.